The number of carboxylic acids is 1. The van der Waals surface area contributed by atoms with Crippen molar-refractivity contribution in [2.45, 2.75) is 36.6 Å². The Morgan fingerprint density at radius 2 is 1.43 bits per heavy atom. The first-order chi connectivity index (χ1) is 28.1. The quantitative estimate of drug-likeness (QED) is 0.0274. The Morgan fingerprint density at radius 3 is 2.10 bits per heavy atom. The number of nitrogens with one attached hydrogen (secondary N) is 2. The van der Waals surface area contributed by atoms with Crippen molar-refractivity contribution in [3.63, 3.8) is 0 Å². The van der Waals surface area contributed by atoms with Crippen molar-refractivity contribution >= 4 is 34.0 Å². The van der Waals surface area contributed by atoms with E-state index < -0.39 is 28.0 Å². The normalized spacial score (nSPS) is 11.8. The molecule has 14 heteroatoms. The van der Waals surface area contributed by atoms with E-state index >= 15 is 0 Å². The summed E-state index contributed by atoms with van der Waals surface area (Å²) in [6.07, 6.45) is 5.03. The molecule has 0 radical (unpaired) electrons. The number of rotatable bonds is 19. The predicted octanol–water partition coefficient (Wildman–Crippen LogP) is 7.56. The minimum Gasteiger partial charge on any atom is -0.494 e. The molecule has 58 heavy (non-hydrogen) atoms. The Labute approximate surface area is 336 Å². The number of amides is 1. The summed E-state index contributed by atoms with van der Waals surface area (Å²) in [6.45, 7) is 1.02. The SMILES string of the molecule is O=C(NC(Cc1ccc(OCCCCCOc2cc(-c3ccccc3)cc(-c3ccccc3)n2)cc1)C(=O)O)c1ccc(N/N=C/c2ccccc2S(=O)(=O)O)nc1. The highest BCUT2D eigenvalue weighted by Gasteiger charge is 2.22. The maximum absolute atomic E-state index is 12.9. The summed E-state index contributed by atoms with van der Waals surface area (Å²) in [4.78, 5) is 33.5. The predicted molar refractivity (Wildman–Crippen MR) is 221 cm³/mol. The lowest BCUT2D eigenvalue weighted by molar-refractivity contribution is -0.139. The largest absolute Gasteiger partial charge is 0.494 e. The molecular formula is C44H41N5O8S. The Bertz CT molecular complexity index is 2370. The van der Waals surface area contributed by atoms with Crippen molar-refractivity contribution in [1.82, 2.24) is 15.3 Å². The molecule has 1 atom stereocenters. The van der Waals surface area contributed by atoms with E-state index in [0.717, 1.165) is 41.6 Å². The van der Waals surface area contributed by atoms with Crippen LogP contribution in [-0.4, -0.2) is 65.4 Å². The number of hydrogen-bond acceptors (Lipinski definition) is 10. The Morgan fingerprint density at radius 1 is 0.759 bits per heavy atom. The van der Waals surface area contributed by atoms with Gasteiger partial charge in [0.1, 0.15) is 22.5 Å². The van der Waals surface area contributed by atoms with Crippen LogP contribution in [0.1, 0.15) is 40.7 Å². The first-order valence-electron chi connectivity index (χ1n) is 18.5. The zero-order valence-corrected chi connectivity index (χ0v) is 32.1. The molecule has 1 amide bonds. The second-order valence-corrected chi connectivity index (χ2v) is 14.5. The van der Waals surface area contributed by atoms with Crippen molar-refractivity contribution in [3.05, 3.63) is 156 Å². The van der Waals surface area contributed by atoms with E-state index in [9.17, 15) is 27.7 Å². The summed E-state index contributed by atoms with van der Waals surface area (Å²) in [7, 11) is -4.44. The fraction of sp³-hybridized carbons (Fsp3) is 0.159. The van der Waals surface area contributed by atoms with Gasteiger partial charge in [-0.2, -0.15) is 13.5 Å². The van der Waals surface area contributed by atoms with Gasteiger partial charge < -0.3 is 19.9 Å². The van der Waals surface area contributed by atoms with Crippen molar-refractivity contribution in [3.8, 4) is 34.0 Å². The molecule has 6 rings (SSSR count). The van der Waals surface area contributed by atoms with Crippen LogP contribution in [0.3, 0.4) is 0 Å². The van der Waals surface area contributed by atoms with E-state index in [2.05, 4.69) is 39.0 Å². The van der Waals surface area contributed by atoms with Gasteiger partial charge in [-0.3, -0.25) is 14.8 Å². The number of hydrogen-bond donors (Lipinski definition) is 4. The molecule has 13 nitrogen and oxygen atoms in total. The van der Waals surface area contributed by atoms with E-state index in [1.165, 1.54) is 42.7 Å². The van der Waals surface area contributed by atoms with Gasteiger partial charge in [0.05, 0.1) is 30.7 Å². The molecule has 4 aromatic carbocycles. The van der Waals surface area contributed by atoms with Crippen LogP contribution in [0.5, 0.6) is 11.6 Å². The molecule has 296 valence electrons. The zero-order chi connectivity index (χ0) is 40.7. The van der Waals surface area contributed by atoms with Crippen LogP contribution in [0.2, 0.25) is 0 Å². The molecule has 6 aromatic rings. The Hall–Kier alpha value is -6.90. The average Bonchev–Trinajstić information content (AvgIpc) is 3.24. The van der Waals surface area contributed by atoms with Crippen LogP contribution < -0.4 is 20.2 Å². The van der Waals surface area contributed by atoms with Crippen LogP contribution in [0, 0.1) is 0 Å². The highest BCUT2D eigenvalue weighted by molar-refractivity contribution is 7.86. The van der Waals surface area contributed by atoms with Gasteiger partial charge in [-0.15, -0.1) is 0 Å². The van der Waals surface area contributed by atoms with Gasteiger partial charge in [-0.05, 0) is 72.4 Å². The number of carbonyl (C=O) groups excluding carboxylic acids is 1. The van der Waals surface area contributed by atoms with Crippen LogP contribution in [-0.2, 0) is 21.3 Å². The van der Waals surface area contributed by atoms with Gasteiger partial charge in [0.15, 0.2) is 0 Å². The first-order valence-corrected chi connectivity index (χ1v) is 19.9. The van der Waals surface area contributed by atoms with Crippen molar-refractivity contribution < 1.29 is 37.1 Å². The maximum atomic E-state index is 12.9. The summed E-state index contributed by atoms with van der Waals surface area (Å²) >= 11 is 0. The molecule has 2 aromatic heterocycles. The van der Waals surface area contributed by atoms with E-state index in [0.29, 0.717) is 30.4 Å². The third-order valence-corrected chi connectivity index (χ3v) is 9.79. The van der Waals surface area contributed by atoms with Crippen LogP contribution in [0.4, 0.5) is 5.82 Å². The number of nitrogens with zero attached hydrogens (tertiary/aromatic N) is 3. The Kier molecular flexibility index (Phi) is 13.9. The smallest absolute Gasteiger partial charge is 0.326 e. The molecule has 2 heterocycles. The summed E-state index contributed by atoms with van der Waals surface area (Å²) in [5.74, 6) is -0.358. The molecule has 4 N–H and O–H groups in total. The van der Waals surface area contributed by atoms with E-state index in [1.54, 1.807) is 30.3 Å². The van der Waals surface area contributed by atoms with E-state index in [1.807, 2.05) is 54.6 Å². The van der Waals surface area contributed by atoms with Crippen molar-refractivity contribution in [2.75, 3.05) is 18.6 Å². The van der Waals surface area contributed by atoms with Gasteiger partial charge >= 0.3 is 5.97 Å². The van der Waals surface area contributed by atoms with Gasteiger partial charge in [0, 0.05) is 29.8 Å². The third-order valence-electron chi connectivity index (χ3n) is 8.86. The summed E-state index contributed by atoms with van der Waals surface area (Å²) in [5, 5.41) is 16.3. The molecule has 0 spiro atoms. The standard InChI is InChI=1S/C44H41N5O8S/c50-43(35-20-23-41(45-29-35)49-46-30-34-16-8-9-17-40(34)58(53,54)55)48-39(44(51)52)26-31-18-21-37(22-19-31)56-24-10-3-11-25-57-42-28-36(32-12-4-1-5-13-32)27-38(47-42)33-14-6-2-7-15-33/h1-2,4-9,12-23,27-30,39H,3,10-11,24-26H2,(H,45,49)(H,48,50)(H,51,52)(H,53,54,55)/b46-30+. The average molecular weight is 800 g/mol. The van der Waals surface area contributed by atoms with Crippen molar-refractivity contribution in [1.29, 1.82) is 0 Å². The topological polar surface area (TPSA) is 189 Å². The fourth-order valence-corrected chi connectivity index (χ4v) is 6.53. The molecule has 1 unspecified atom stereocenters. The second kappa shape index (κ2) is 19.8. The monoisotopic (exact) mass is 799 g/mol. The number of carboxylic acid groups (broad SMARTS) is 1. The molecule has 0 saturated carbocycles. The minimum absolute atomic E-state index is 0.0458. The lowest BCUT2D eigenvalue weighted by atomic mass is 10.0. The number of aliphatic carboxylic acids is 1. The number of anilines is 1. The number of carbonyl (C=O) groups is 2. The lowest BCUT2D eigenvalue weighted by Gasteiger charge is -2.15. The van der Waals surface area contributed by atoms with Crippen LogP contribution >= 0.6 is 0 Å². The third kappa shape index (κ3) is 11.8. The maximum Gasteiger partial charge on any atom is 0.326 e. The van der Waals surface area contributed by atoms with Crippen molar-refractivity contribution in [2.24, 2.45) is 5.10 Å². The van der Waals surface area contributed by atoms with E-state index in [-0.39, 0.29) is 28.3 Å². The molecule has 0 aliphatic carbocycles. The highest BCUT2D eigenvalue weighted by Crippen LogP contribution is 2.29. The van der Waals surface area contributed by atoms with Gasteiger partial charge in [-0.25, -0.2) is 14.8 Å². The van der Waals surface area contributed by atoms with Gasteiger partial charge in [-0.1, -0.05) is 91.0 Å². The minimum atomic E-state index is -4.44. The highest BCUT2D eigenvalue weighted by atomic mass is 32.2. The zero-order valence-electron chi connectivity index (χ0n) is 31.3. The van der Waals surface area contributed by atoms with Crippen LogP contribution in [0.15, 0.2) is 150 Å². The molecule has 0 fully saturated rings. The molecular weight excluding hydrogens is 759 g/mol. The lowest BCUT2D eigenvalue weighted by Crippen LogP contribution is -2.42. The van der Waals surface area contributed by atoms with E-state index in [4.69, 9.17) is 14.5 Å². The Balaban J connectivity index is 0.925. The second-order valence-electron chi connectivity index (χ2n) is 13.1. The molecule has 0 aliphatic heterocycles. The fourth-order valence-electron chi connectivity index (χ4n) is 5.86. The number of aromatic nitrogens is 2. The number of benzene rings is 4. The summed E-state index contributed by atoms with van der Waals surface area (Å²) < 4.78 is 44.5. The molecule has 0 bridgehead atoms. The number of hydrazone groups is 1. The van der Waals surface area contributed by atoms with Gasteiger partial charge in [0.25, 0.3) is 16.0 Å². The van der Waals surface area contributed by atoms with Gasteiger partial charge in [0.2, 0.25) is 5.88 Å². The number of ether oxygens (including phenoxy) is 2. The van der Waals surface area contributed by atoms with Crippen LogP contribution in [0.25, 0.3) is 22.4 Å². The summed E-state index contributed by atoms with van der Waals surface area (Å²) in [5.41, 5.74) is 7.59. The summed E-state index contributed by atoms with van der Waals surface area (Å²) in [6, 6.07) is 38.8. The number of pyridine rings is 2. The number of unbranched alkanes of at least 4 members (excludes halogenated alkanes) is 2. The molecule has 0 saturated heterocycles. The first kappa shape index (κ1) is 40.8. The molecule has 0 aliphatic rings.